The minimum Gasteiger partial charge on any atom is -0.481 e. The molecule has 5 heteroatoms. The maximum absolute atomic E-state index is 11.7. The zero-order chi connectivity index (χ0) is 18.3. The zero-order valence-corrected chi connectivity index (χ0v) is 14.9. The van der Waals surface area contributed by atoms with Gasteiger partial charge in [-0.1, -0.05) is 50.7 Å². The van der Waals surface area contributed by atoms with Crippen LogP contribution in [0.5, 0.6) is 0 Å². The first kappa shape index (κ1) is 20.7. The Bertz CT molecular complexity index is 538. The number of benzene rings is 1. The molecule has 0 aromatic heterocycles. The molecule has 0 atom stereocenters. The molecule has 0 unspecified atom stereocenters. The van der Waals surface area contributed by atoms with E-state index in [1.807, 2.05) is 24.3 Å². The lowest BCUT2D eigenvalue weighted by Gasteiger charge is -2.03. The molecule has 0 fully saturated rings. The van der Waals surface area contributed by atoms with Gasteiger partial charge in [0, 0.05) is 24.7 Å². The molecular formula is C20H30N2O3. The van der Waals surface area contributed by atoms with Gasteiger partial charge in [0.25, 0.3) is 0 Å². The van der Waals surface area contributed by atoms with Crippen molar-refractivity contribution in [3.8, 4) is 0 Å². The van der Waals surface area contributed by atoms with Crippen LogP contribution in [-0.2, 0) is 9.59 Å². The van der Waals surface area contributed by atoms with Gasteiger partial charge in [-0.15, -0.1) is 0 Å². The van der Waals surface area contributed by atoms with E-state index in [1.54, 1.807) is 12.2 Å². The van der Waals surface area contributed by atoms with E-state index in [1.165, 1.54) is 6.42 Å². The smallest absolute Gasteiger partial charge is 0.303 e. The molecule has 138 valence electrons. The SMILES string of the molecule is Nc1ccc(/C=C/C(=O)NCCCCCCCCCCC(=O)O)cc1. The van der Waals surface area contributed by atoms with Gasteiger partial charge in [0.1, 0.15) is 0 Å². The van der Waals surface area contributed by atoms with Crippen molar-refractivity contribution in [2.75, 3.05) is 12.3 Å². The molecule has 0 bridgehead atoms. The summed E-state index contributed by atoms with van der Waals surface area (Å²) < 4.78 is 0. The molecule has 0 aliphatic carbocycles. The molecule has 0 heterocycles. The summed E-state index contributed by atoms with van der Waals surface area (Å²) in [6.07, 6.45) is 12.1. The highest BCUT2D eigenvalue weighted by atomic mass is 16.4. The number of anilines is 1. The maximum Gasteiger partial charge on any atom is 0.303 e. The molecule has 1 rings (SSSR count). The number of nitrogen functional groups attached to an aromatic ring is 1. The number of carbonyl (C=O) groups is 2. The Hall–Kier alpha value is -2.30. The minimum atomic E-state index is -0.703. The molecule has 0 radical (unpaired) electrons. The van der Waals surface area contributed by atoms with Crippen LogP contribution in [0.1, 0.15) is 63.4 Å². The third kappa shape index (κ3) is 11.8. The molecule has 0 saturated heterocycles. The number of nitrogens with two attached hydrogens (primary N) is 1. The first-order chi connectivity index (χ1) is 12.1. The molecular weight excluding hydrogens is 316 g/mol. The van der Waals surface area contributed by atoms with Gasteiger partial charge in [0.15, 0.2) is 0 Å². The number of hydrogen-bond donors (Lipinski definition) is 3. The van der Waals surface area contributed by atoms with Gasteiger partial charge in [-0.25, -0.2) is 0 Å². The number of unbranched alkanes of at least 4 members (excludes halogenated alkanes) is 7. The van der Waals surface area contributed by atoms with Crippen LogP contribution in [0.2, 0.25) is 0 Å². The monoisotopic (exact) mass is 346 g/mol. The van der Waals surface area contributed by atoms with Crippen LogP contribution in [0.3, 0.4) is 0 Å². The van der Waals surface area contributed by atoms with Crippen LogP contribution < -0.4 is 11.1 Å². The Morgan fingerprint density at radius 2 is 1.48 bits per heavy atom. The summed E-state index contributed by atoms with van der Waals surface area (Å²) in [5, 5.41) is 11.4. The van der Waals surface area contributed by atoms with Crippen LogP contribution in [0.25, 0.3) is 6.08 Å². The second-order valence-corrected chi connectivity index (χ2v) is 6.26. The average Bonchev–Trinajstić information content (AvgIpc) is 2.59. The molecule has 4 N–H and O–H groups in total. The first-order valence-corrected chi connectivity index (χ1v) is 9.11. The largest absolute Gasteiger partial charge is 0.481 e. The quantitative estimate of drug-likeness (QED) is 0.286. The van der Waals surface area contributed by atoms with Gasteiger partial charge in [0.2, 0.25) is 5.91 Å². The summed E-state index contributed by atoms with van der Waals surface area (Å²) in [6.45, 7) is 0.698. The van der Waals surface area contributed by atoms with Crippen molar-refractivity contribution < 1.29 is 14.7 Å². The van der Waals surface area contributed by atoms with E-state index >= 15 is 0 Å². The van der Waals surface area contributed by atoms with Crippen LogP contribution in [0, 0.1) is 0 Å². The lowest BCUT2D eigenvalue weighted by Crippen LogP contribution is -2.21. The van der Waals surface area contributed by atoms with Crippen molar-refractivity contribution >= 4 is 23.6 Å². The molecule has 25 heavy (non-hydrogen) atoms. The lowest BCUT2D eigenvalue weighted by molar-refractivity contribution is -0.137. The summed E-state index contributed by atoms with van der Waals surface area (Å²) >= 11 is 0. The van der Waals surface area contributed by atoms with E-state index in [0.29, 0.717) is 12.2 Å². The van der Waals surface area contributed by atoms with Crippen LogP contribution in [0.4, 0.5) is 5.69 Å². The third-order valence-electron chi connectivity index (χ3n) is 3.98. The van der Waals surface area contributed by atoms with E-state index in [2.05, 4.69) is 5.32 Å². The summed E-state index contributed by atoms with van der Waals surface area (Å²) in [7, 11) is 0. The molecule has 0 aliphatic rings. The highest BCUT2D eigenvalue weighted by molar-refractivity contribution is 5.91. The van der Waals surface area contributed by atoms with Crippen molar-refractivity contribution in [1.29, 1.82) is 0 Å². The molecule has 1 aromatic carbocycles. The van der Waals surface area contributed by atoms with Crippen LogP contribution in [0.15, 0.2) is 30.3 Å². The highest BCUT2D eigenvalue weighted by Gasteiger charge is 1.98. The molecule has 1 amide bonds. The Morgan fingerprint density at radius 3 is 2.08 bits per heavy atom. The predicted molar refractivity (Wildman–Crippen MR) is 102 cm³/mol. The van der Waals surface area contributed by atoms with Gasteiger partial charge in [0.05, 0.1) is 0 Å². The molecule has 0 saturated carbocycles. The van der Waals surface area contributed by atoms with Gasteiger partial charge >= 0.3 is 5.97 Å². The molecule has 0 spiro atoms. The number of carboxylic acids is 1. The summed E-state index contributed by atoms with van der Waals surface area (Å²) in [4.78, 5) is 22.1. The van der Waals surface area contributed by atoms with Gasteiger partial charge in [-0.2, -0.15) is 0 Å². The number of carbonyl (C=O) groups excluding carboxylic acids is 1. The number of carboxylic acid groups (broad SMARTS) is 1. The highest BCUT2D eigenvalue weighted by Crippen LogP contribution is 2.09. The number of rotatable bonds is 13. The predicted octanol–water partition coefficient (Wildman–Crippen LogP) is 3.99. The lowest BCUT2D eigenvalue weighted by atomic mass is 10.1. The van der Waals surface area contributed by atoms with E-state index in [0.717, 1.165) is 50.5 Å². The normalized spacial score (nSPS) is 10.9. The second kappa shape index (κ2) is 13.0. The van der Waals surface area contributed by atoms with E-state index in [9.17, 15) is 9.59 Å². The van der Waals surface area contributed by atoms with Crippen molar-refractivity contribution in [3.05, 3.63) is 35.9 Å². The number of aliphatic carboxylic acids is 1. The Balaban J connectivity index is 1.94. The summed E-state index contributed by atoms with van der Waals surface area (Å²) in [5.74, 6) is -0.777. The average molecular weight is 346 g/mol. The molecule has 0 aliphatic heterocycles. The van der Waals surface area contributed by atoms with Gasteiger partial charge in [-0.05, 0) is 36.6 Å². The molecule has 5 nitrogen and oxygen atoms in total. The topological polar surface area (TPSA) is 92.4 Å². The van der Waals surface area contributed by atoms with Gasteiger partial charge < -0.3 is 16.2 Å². The standard InChI is InChI=1S/C20H30N2O3/c21-18-13-10-17(11-14-18)12-15-19(23)22-16-8-6-4-2-1-3-5-7-9-20(24)25/h10-15H,1-9,16,21H2,(H,22,23)(H,24,25)/b15-12+. The van der Waals surface area contributed by atoms with Gasteiger partial charge in [-0.3, -0.25) is 9.59 Å². The first-order valence-electron chi connectivity index (χ1n) is 9.11. The minimum absolute atomic E-state index is 0.0738. The van der Waals surface area contributed by atoms with Crippen LogP contribution in [-0.4, -0.2) is 23.5 Å². The fourth-order valence-electron chi connectivity index (χ4n) is 2.51. The third-order valence-corrected chi connectivity index (χ3v) is 3.98. The van der Waals surface area contributed by atoms with Crippen molar-refractivity contribution in [3.63, 3.8) is 0 Å². The molecule has 1 aromatic rings. The van der Waals surface area contributed by atoms with Crippen molar-refractivity contribution in [1.82, 2.24) is 5.32 Å². The van der Waals surface area contributed by atoms with Crippen molar-refractivity contribution in [2.24, 2.45) is 0 Å². The van der Waals surface area contributed by atoms with Crippen molar-refractivity contribution in [2.45, 2.75) is 57.8 Å². The van der Waals surface area contributed by atoms with E-state index in [4.69, 9.17) is 10.8 Å². The fourth-order valence-corrected chi connectivity index (χ4v) is 2.51. The number of amides is 1. The summed E-state index contributed by atoms with van der Waals surface area (Å²) in [5.41, 5.74) is 7.28. The second-order valence-electron chi connectivity index (χ2n) is 6.26. The maximum atomic E-state index is 11.7. The Kier molecular flexibility index (Phi) is 10.8. The zero-order valence-electron chi connectivity index (χ0n) is 14.9. The Labute approximate surface area is 150 Å². The van der Waals surface area contributed by atoms with E-state index < -0.39 is 5.97 Å². The number of nitrogens with one attached hydrogen (secondary N) is 1. The summed E-state index contributed by atoms with van der Waals surface area (Å²) in [6, 6.07) is 7.37. The fraction of sp³-hybridized carbons (Fsp3) is 0.500. The van der Waals surface area contributed by atoms with E-state index in [-0.39, 0.29) is 12.3 Å². The van der Waals surface area contributed by atoms with Crippen LogP contribution >= 0.6 is 0 Å². The number of hydrogen-bond acceptors (Lipinski definition) is 3. The Morgan fingerprint density at radius 1 is 0.920 bits per heavy atom.